The Bertz CT molecular complexity index is 1010. The van der Waals surface area contributed by atoms with Gasteiger partial charge in [-0.1, -0.05) is 41.9 Å². The third-order valence-corrected chi connectivity index (χ3v) is 5.51. The summed E-state index contributed by atoms with van der Waals surface area (Å²) >= 11 is 6.03. The molecule has 0 spiro atoms. The first-order valence-corrected chi connectivity index (χ1v) is 10.3. The van der Waals surface area contributed by atoms with Crippen LogP contribution >= 0.6 is 11.6 Å². The fourth-order valence-electron chi connectivity index (χ4n) is 3.75. The van der Waals surface area contributed by atoms with Crippen molar-refractivity contribution in [3.8, 4) is 16.9 Å². The highest BCUT2D eigenvalue weighted by molar-refractivity contribution is 6.30. The number of nitrogens with zero attached hydrogens (tertiary/aromatic N) is 3. The summed E-state index contributed by atoms with van der Waals surface area (Å²) in [5.74, 6) is 0.973. The molecule has 0 bridgehead atoms. The van der Waals surface area contributed by atoms with Gasteiger partial charge < -0.3 is 15.4 Å². The van der Waals surface area contributed by atoms with E-state index in [4.69, 9.17) is 22.1 Å². The summed E-state index contributed by atoms with van der Waals surface area (Å²) < 4.78 is 5.64. The Kier molecular flexibility index (Phi) is 6.14. The second-order valence-corrected chi connectivity index (χ2v) is 7.75. The molecule has 0 unspecified atom stereocenters. The van der Waals surface area contributed by atoms with Crippen LogP contribution in [0.3, 0.4) is 0 Å². The van der Waals surface area contributed by atoms with Gasteiger partial charge in [0.1, 0.15) is 5.75 Å². The van der Waals surface area contributed by atoms with Crippen molar-refractivity contribution in [2.24, 2.45) is 0 Å². The van der Waals surface area contributed by atoms with Crippen molar-refractivity contribution in [3.05, 3.63) is 71.5 Å². The average Bonchev–Trinajstić information content (AvgIpc) is 2.79. The molecular formula is C23H23ClN4O2. The molecular weight excluding hydrogens is 400 g/mol. The molecule has 1 atom stereocenters. The topological polar surface area (TPSA) is 81.3 Å². The summed E-state index contributed by atoms with van der Waals surface area (Å²) in [6.07, 6.45) is 3.58. The number of rotatable bonds is 5. The van der Waals surface area contributed by atoms with Crippen molar-refractivity contribution in [1.29, 1.82) is 0 Å². The van der Waals surface area contributed by atoms with E-state index in [9.17, 15) is 4.79 Å². The fraction of sp³-hybridized carbons (Fsp3) is 0.261. The van der Waals surface area contributed by atoms with E-state index in [1.807, 2.05) is 59.5 Å². The molecule has 1 amide bonds. The summed E-state index contributed by atoms with van der Waals surface area (Å²) in [5, 5.41) is 0.671. The first kappa shape index (κ1) is 20.2. The molecule has 3 aromatic rings. The normalized spacial score (nSPS) is 16.3. The summed E-state index contributed by atoms with van der Waals surface area (Å²) in [5.41, 5.74) is 8.66. The van der Waals surface area contributed by atoms with Crippen molar-refractivity contribution >= 4 is 23.5 Å². The number of aromatic nitrogens is 2. The molecule has 0 radical (unpaired) electrons. The summed E-state index contributed by atoms with van der Waals surface area (Å²) in [4.78, 5) is 23.3. The van der Waals surface area contributed by atoms with Crippen LogP contribution < -0.4 is 10.5 Å². The number of likely N-dealkylation sites (tertiary alicyclic amines) is 1. The first-order valence-electron chi connectivity index (χ1n) is 9.94. The van der Waals surface area contributed by atoms with Crippen LogP contribution in [-0.4, -0.2) is 40.5 Å². The predicted molar refractivity (Wildman–Crippen MR) is 117 cm³/mol. The zero-order valence-corrected chi connectivity index (χ0v) is 17.3. The zero-order chi connectivity index (χ0) is 20.9. The quantitative estimate of drug-likeness (QED) is 0.667. The predicted octanol–water partition coefficient (Wildman–Crippen LogP) is 4.16. The molecule has 0 aliphatic carbocycles. The van der Waals surface area contributed by atoms with Gasteiger partial charge in [-0.3, -0.25) is 4.79 Å². The van der Waals surface area contributed by atoms with Crippen molar-refractivity contribution in [1.82, 2.24) is 14.9 Å². The zero-order valence-electron chi connectivity index (χ0n) is 16.5. The summed E-state index contributed by atoms with van der Waals surface area (Å²) in [6, 6.07) is 16.9. The summed E-state index contributed by atoms with van der Waals surface area (Å²) in [6.45, 7) is 1.31. The number of piperidine rings is 1. The lowest BCUT2D eigenvalue weighted by Crippen LogP contribution is -2.41. The monoisotopic (exact) mass is 422 g/mol. The van der Waals surface area contributed by atoms with Crippen molar-refractivity contribution < 1.29 is 9.53 Å². The molecule has 7 heteroatoms. The molecule has 6 nitrogen and oxygen atoms in total. The van der Waals surface area contributed by atoms with Crippen LogP contribution in [0.2, 0.25) is 5.02 Å². The number of halogens is 1. The summed E-state index contributed by atoms with van der Waals surface area (Å²) in [7, 11) is 0. The third-order valence-electron chi connectivity index (χ3n) is 5.26. The second kappa shape index (κ2) is 9.13. The van der Waals surface area contributed by atoms with Crippen LogP contribution in [0.1, 0.15) is 24.5 Å². The number of anilines is 1. The van der Waals surface area contributed by atoms with Crippen molar-refractivity contribution in [2.45, 2.75) is 18.8 Å². The van der Waals surface area contributed by atoms with Crippen LogP contribution in [0.4, 0.5) is 5.95 Å². The number of benzene rings is 2. The van der Waals surface area contributed by atoms with Gasteiger partial charge in [0.15, 0.2) is 6.61 Å². The SMILES string of the molecule is Nc1ncc(-c2ccc(Cl)cc2)c([C@@H]2CCCN(C(=O)COc3ccccc3)C2)n1. The molecule has 1 saturated heterocycles. The van der Waals surface area contributed by atoms with E-state index in [0.29, 0.717) is 23.9 Å². The Balaban J connectivity index is 1.51. The fourth-order valence-corrected chi connectivity index (χ4v) is 3.88. The molecule has 4 rings (SSSR count). The number of hydrogen-bond acceptors (Lipinski definition) is 5. The van der Waals surface area contributed by atoms with Crippen LogP contribution in [0.25, 0.3) is 11.1 Å². The Hall–Kier alpha value is -3.12. The van der Waals surface area contributed by atoms with Gasteiger partial charge in [-0.25, -0.2) is 9.97 Å². The van der Waals surface area contributed by atoms with Gasteiger partial charge in [-0.15, -0.1) is 0 Å². The standard InChI is InChI=1S/C23H23ClN4O2/c24-18-10-8-16(9-11-18)20-13-26-23(25)27-22(20)17-5-4-12-28(14-17)21(29)15-30-19-6-2-1-3-7-19/h1-3,6-11,13,17H,4-5,12,14-15H2,(H2,25,26,27)/t17-/m1/s1. The van der Waals surface area contributed by atoms with E-state index in [2.05, 4.69) is 9.97 Å². The van der Waals surface area contributed by atoms with Gasteiger partial charge in [-0.2, -0.15) is 0 Å². The Morgan fingerprint density at radius 3 is 2.70 bits per heavy atom. The lowest BCUT2D eigenvalue weighted by atomic mass is 9.90. The van der Waals surface area contributed by atoms with E-state index < -0.39 is 0 Å². The van der Waals surface area contributed by atoms with E-state index >= 15 is 0 Å². The van der Waals surface area contributed by atoms with E-state index in [-0.39, 0.29) is 24.4 Å². The molecule has 1 aliphatic heterocycles. The number of carbonyl (C=O) groups excluding carboxylic acids is 1. The first-order chi connectivity index (χ1) is 14.6. The van der Waals surface area contributed by atoms with Crippen LogP contribution in [0, 0.1) is 0 Å². The van der Waals surface area contributed by atoms with Gasteiger partial charge in [0, 0.05) is 35.8 Å². The Morgan fingerprint density at radius 2 is 1.93 bits per heavy atom. The molecule has 2 aromatic carbocycles. The lowest BCUT2D eigenvalue weighted by molar-refractivity contribution is -0.134. The number of carbonyl (C=O) groups is 1. The lowest BCUT2D eigenvalue weighted by Gasteiger charge is -2.33. The van der Waals surface area contributed by atoms with E-state index in [0.717, 1.165) is 29.7 Å². The van der Waals surface area contributed by atoms with Crippen molar-refractivity contribution in [2.75, 3.05) is 25.4 Å². The van der Waals surface area contributed by atoms with Gasteiger partial charge >= 0.3 is 0 Å². The number of nitrogen functional groups attached to an aromatic ring is 1. The molecule has 1 aromatic heterocycles. The molecule has 30 heavy (non-hydrogen) atoms. The largest absolute Gasteiger partial charge is 0.484 e. The molecule has 1 aliphatic rings. The van der Waals surface area contributed by atoms with Gasteiger partial charge in [0.2, 0.25) is 5.95 Å². The van der Waals surface area contributed by atoms with Crippen LogP contribution in [0.15, 0.2) is 60.8 Å². The highest BCUT2D eigenvalue weighted by atomic mass is 35.5. The average molecular weight is 423 g/mol. The maximum Gasteiger partial charge on any atom is 0.260 e. The number of amides is 1. The maximum atomic E-state index is 12.7. The number of para-hydroxylation sites is 1. The minimum absolute atomic E-state index is 0.0205. The van der Waals surface area contributed by atoms with E-state index in [1.54, 1.807) is 6.20 Å². The molecule has 2 N–H and O–H groups in total. The smallest absolute Gasteiger partial charge is 0.260 e. The minimum Gasteiger partial charge on any atom is -0.484 e. The molecule has 2 heterocycles. The van der Waals surface area contributed by atoms with E-state index in [1.165, 1.54) is 0 Å². The number of nitrogens with two attached hydrogens (primary N) is 1. The molecule has 154 valence electrons. The molecule has 1 fully saturated rings. The van der Waals surface area contributed by atoms with Crippen LogP contribution in [-0.2, 0) is 4.79 Å². The van der Waals surface area contributed by atoms with Crippen molar-refractivity contribution in [3.63, 3.8) is 0 Å². The molecule has 0 saturated carbocycles. The minimum atomic E-state index is -0.0291. The number of hydrogen-bond donors (Lipinski definition) is 1. The highest BCUT2D eigenvalue weighted by Crippen LogP contribution is 2.33. The highest BCUT2D eigenvalue weighted by Gasteiger charge is 2.28. The van der Waals surface area contributed by atoms with Gasteiger partial charge in [0.05, 0.1) is 5.69 Å². The number of ether oxygens (including phenoxy) is 1. The Labute approximate surface area is 180 Å². The second-order valence-electron chi connectivity index (χ2n) is 7.31. The van der Waals surface area contributed by atoms with Crippen LogP contribution in [0.5, 0.6) is 5.75 Å². The van der Waals surface area contributed by atoms with Gasteiger partial charge in [0.25, 0.3) is 5.91 Å². The Morgan fingerprint density at radius 1 is 1.17 bits per heavy atom. The van der Waals surface area contributed by atoms with Gasteiger partial charge in [-0.05, 0) is 42.7 Å². The maximum absolute atomic E-state index is 12.7. The third kappa shape index (κ3) is 4.71.